The zero-order valence-electron chi connectivity index (χ0n) is 13.8. The molecule has 0 spiro atoms. The van der Waals surface area contributed by atoms with Gasteiger partial charge in [-0.25, -0.2) is 0 Å². The molecule has 2 aliphatic rings. The van der Waals surface area contributed by atoms with E-state index in [-0.39, 0.29) is 0 Å². The van der Waals surface area contributed by atoms with Gasteiger partial charge in [0, 0.05) is 0 Å². The minimum absolute atomic E-state index is 0.533. The van der Waals surface area contributed by atoms with Crippen LogP contribution < -0.4 is 0 Å². The first kappa shape index (κ1) is 14.4. The highest BCUT2D eigenvalue weighted by Gasteiger charge is 2.64. The Morgan fingerprint density at radius 1 is 1.00 bits per heavy atom. The van der Waals surface area contributed by atoms with Crippen molar-refractivity contribution in [3.63, 3.8) is 0 Å². The average molecular weight is 250 g/mol. The topological polar surface area (TPSA) is 0 Å². The molecule has 0 nitrogen and oxygen atoms in total. The largest absolute Gasteiger partial charge is 0.0654 e. The fraction of sp³-hybridized carbons (Fsp3) is 1.00. The van der Waals surface area contributed by atoms with Gasteiger partial charge in [0.25, 0.3) is 0 Å². The molecule has 0 amide bonds. The van der Waals surface area contributed by atoms with E-state index in [1.165, 1.54) is 32.1 Å². The number of hydrogen-bond acceptors (Lipinski definition) is 0. The molecule has 2 rings (SSSR count). The van der Waals surface area contributed by atoms with Crippen LogP contribution in [0.1, 0.15) is 80.6 Å². The average Bonchev–Trinajstić information content (AvgIpc) is 2.60. The maximum atomic E-state index is 2.59. The molecule has 0 radical (unpaired) electrons. The van der Waals surface area contributed by atoms with Crippen LogP contribution in [0.3, 0.4) is 0 Å². The summed E-state index contributed by atoms with van der Waals surface area (Å²) in [6.45, 7) is 17.6. The van der Waals surface area contributed by atoms with E-state index in [4.69, 9.17) is 0 Å². The summed E-state index contributed by atoms with van der Waals surface area (Å²) in [6, 6.07) is 0. The van der Waals surface area contributed by atoms with Crippen LogP contribution in [0.4, 0.5) is 0 Å². The van der Waals surface area contributed by atoms with Crippen molar-refractivity contribution in [3.05, 3.63) is 0 Å². The predicted molar refractivity (Wildman–Crippen MR) is 80.6 cm³/mol. The van der Waals surface area contributed by atoms with Crippen LogP contribution in [-0.2, 0) is 0 Å². The van der Waals surface area contributed by atoms with Crippen LogP contribution in [0, 0.1) is 34.0 Å². The third kappa shape index (κ3) is 1.70. The van der Waals surface area contributed by atoms with E-state index in [1.54, 1.807) is 0 Å². The monoisotopic (exact) mass is 250 g/mol. The Hall–Kier alpha value is 0. The van der Waals surface area contributed by atoms with Crippen molar-refractivity contribution in [2.75, 3.05) is 0 Å². The standard InChI is InChI=1S/C18H34/c1-8-10-14-11-13-12-16(3,4)18(7,9-2)15(13)17(14,5)6/h13-15H,8-12H2,1-7H3. The minimum Gasteiger partial charge on any atom is -0.0654 e. The second kappa shape index (κ2) is 4.25. The summed E-state index contributed by atoms with van der Waals surface area (Å²) in [7, 11) is 0. The molecule has 0 aromatic carbocycles. The van der Waals surface area contributed by atoms with Gasteiger partial charge in [0.2, 0.25) is 0 Å². The van der Waals surface area contributed by atoms with Crippen LogP contribution >= 0.6 is 0 Å². The van der Waals surface area contributed by atoms with Gasteiger partial charge >= 0.3 is 0 Å². The van der Waals surface area contributed by atoms with Gasteiger partial charge in [-0.3, -0.25) is 0 Å². The van der Waals surface area contributed by atoms with Gasteiger partial charge in [0.15, 0.2) is 0 Å². The molecule has 0 heterocycles. The van der Waals surface area contributed by atoms with Crippen molar-refractivity contribution in [2.24, 2.45) is 34.0 Å². The second-order valence-electron chi connectivity index (χ2n) is 8.64. The quantitative estimate of drug-likeness (QED) is 0.584. The summed E-state index contributed by atoms with van der Waals surface area (Å²) in [5.74, 6) is 2.91. The summed E-state index contributed by atoms with van der Waals surface area (Å²) in [5.41, 5.74) is 1.63. The lowest BCUT2D eigenvalue weighted by Gasteiger charge is -2.48. The summed E-state index contributed by atoms with van der Waals surface area (Å²) in [5, 5.41) is 0. The van der Waals surface area contributed by atoms with Gasteiger partial charge in [-0.05, 0) is 53.3 Å². The fourth-order valence-corrected chi connectivity index (χ4v) is 6.06. The van der Waals surface area contributed by atoms with Crippen molar-refractivity contribution in [1.29, 1.82) is 0 Å². The predicted octanol–water partition coefficient (Wildman–Crippen LogP) is 5.91. The van der Waals surface area contributed by atoms with Crippen molar-refractivity contribution < 1.29 is 0 Å². The van der Waals surface area contributed by atoms with Crippen LogP contribution in [-0.4, -0.2) is 0 Å². The molecule has 0 aliphatic heterocycles. The highest BCUT2D eigenvalue weighted by Crippen LogP contribution is 2.71. The molecule has 2 saturated carbocycles. The number of fused-ring (bicyclic) bond motifs is 1. The van der Waals surface area contributed by atoms with Gasteiger partial charge < -0.3 is 0 Å². The van der Waals surface area contributed by atoms with Crippen LogP contribution in [0.2, 0.25) is 0 Å². The van der Waals surface area contributed by atoms with Crippen LogP contribution in [0.25, 0.3) is 0 Å². The van der Waals surface area contributed by atoms with Gasteiger partial charge in [-0.2, -0.15) is 0 Å². The fourth-order valence-electron chi connectivity index (χ4n) is 6.06. The zero-order chi connectivity index (χ0) is 13.8. The van der Waals surface area contributed by atoms with E-state index in [9.17, 15) is 0 Å². The smallest absolute Gasteiger partial charge is 0.0241 e. The zero-order valence-corrected chi connectivity index (χ0v) is 13.8. The first-order valence-electron chi connectivity index (χ1n) is 8.20. The van der Waals surface area contributed by atoms with Crippen molar-refractivity contribution in [1.82, 2.24) is 0 Å². The van der Waals surface area contributed by atoms with Gasteiger partial charge in [-0.1, -0.05) is 61.3 Å². The lowest BCUT2D eigenvalue weighted by Crippen LogP contribution is -2.41. The highest BCUT2D eigenvalue weighted by molar-refractivity contribution is 5.12. The summed E-state index contributed by atoms with van der Waals surface area (Å²) in [4.78, 5) is 0. The van der Waals surface area contributed by atoms with Crippen LogP contribution in [0.5, 0.6) is 0 Å². The Labute approximate surface area is 115 Å². The molecule has 106 valence electrons. The number of hydrogen-bond donors (Lipinski definition) is 0. The van der Waals surface area contributed by atoms with E-state index in [2.05, 4.69) is 48.5 Å². The van der Waals surface area contributed by atoms with E-state index < -0.39 is 0 Å². The molecule has 0 heteroatoms. The molecule has 4 atom stereocenters. The first-order valence-corrected chi connectivity index (χ1v) is 8.20. The third-order valence-electron chi connectivity index (χ3n) is 7.29. The van der Waals surface area contributed by atoms with Gasteiger partial charge in [0.05, 0.1) is 0 Å². The summed E-state index contributed by atoms with van der Waals surface area (Å²) in [6.07, 6.45) is 7.12. The summed E-state index contributed by atoms with van der Waals surface area (Å²) >= 11 is 0. The molecular formula is C18H34. The lowest BCUT2D eigenvalue weighted by molar-refractivity contribution is 0.00199. The van der Waals surface area contributed by atoms with Crippen molar-refractivity contribution in [2.45, 2.75) is 80.6 Å². The molecular weight excluding hydrogens is 216 g/mol. The molecule has 0 saturated heterocycles. The van der Waals surface area contributed by atoms with E-state index in [0.29, 0.717) is 16.2 Å². The highest BCUT2D eigenvalue weighted by atomic mass is 14.7. The van der Waals surface area contributed by atoms with E-state index in [1.807, 2.05) is 0 Å². The van der Waals surface area contributed by atoms with E-state index in [0.717, 1.165) is 17.8 Å². The van der Waals surface area contributed by atoms with Crippen molar-refractivity contribution in [3.8, 4) is 0 Å². The van der Waals surface area contributed by atoms with Gasteiger partial charge in [0.1, 0.15) is 0 Å². The third-order valence-corrected chi connectivity index (χ3v) is 7.29. The second-order valence-corrected chi connectivity index (χ2v) is 8.64. The number of rotatable bonds is 3. The molecule has 0 N–H and O–H groups in total. The normalized spacial score (nSPS) is 45.2. The van der Waals surface area contributed by atoms with E-state index >= 15 is 0 Å². The Kier molecular flexibility index (Phi) is 3.40. The van der Waals surface area contributed by atoms with Crippen molar-refractivity contribution >= 4 is 0 Å². The molecule has 0 aromatic heterocycles. The molecule has 2 aliphatic carbocycles. The minimum atomic E-state index is 0.533. The Morgan fingerprint density at radius 3 is 2.11 bits per heavy atom. The SMILES string of the molecule is CCCC1CC2CC(C)(C)C(C)(CC)C2C1(C)C. The Bertz CT molecular complexity index is 312. The first-order chi connectivity index (χ1) is 8.20. The Morgan fingerprint density at radius 2 is 1.61 bits per heavy atom. The van der Waals surface area contributed by atoms with Gasteiger partial charge in [-0.15, -0.1) is 0 Å². The summed E-state index contributed by atoms with van der Waals surface area (Å²) < 4.78 is 0. The molecule has 0 aromatic rings. The molecule has 2 fully saturated rings. The lowest BCUT2D eigenvalue weighted by atomic mass is 9.56. The maximum Gasteiger partial charge on any atom is -0.0241 e. The van der Waals surface area contributed by atoms with Crippen LogP contribution in [0.15, 0.2) is 0 Å². The molecule has 18 heavy (non-hydrogen) atoms. The maximum absolute atomic E-state index is 2.59. The Balaban J connectivity index is 2.35. The molecule has 4 unspecified atom stereocenters. The molecule has 0 bridgehead atoms.